The summed E-state index contributed by atoms with van der Waals surface area (Å²) in [5.74, 6) is -0.477. The summed E-state index contributed by atoms with van der Waals surface area (Å²) in [6.45, 7) is 7.37. The Kier molecular flexibility index (Phi) is 10.9. The summed E-state index contributed by atoms with van der Waals surface area (Å²) < 4.78 is 19.1. The van der Waals surface area contributed by atoms with Gasteiger partial charge in [0, 0.05) is 25.1 Å². The number of fused-ring (bicyclic) bond motifs is 1. The molecule has 4 aromatic carbocycles. The molecule has 0 aliphatic carbocycles. The van der Waals surface area contributed by atoms with Crippen molar-refractivity contribution in [3.8, 4) is 11.1 Å². The van der Waals surface area contributed by atoms with E-state index in [1.54, 1.807) is 0 Å². The molecule has 7 rings (SSSR count). The average molecular weight is 715 g/mol. The van der Waals surface area contributed by atoms with Gasteiger partial charge in [0.05, 0.1) is 36.0 Å². The van der Waals surface area contributed by atoms with Crippen LogP contribution >= 0.6 is 0 Å². The average Bonchev–Trinajstić information content (AvgIpc) is 3.64. The number of carbonyl (C=O) groups is 2. The van der Waals surface area contributed by atoms with Crippen molar-refractivity contribution in [2.75, 3.05) is 13.1 Å². The van der Waals surface area contributed by atoms with Crippen LogP contribution < -0.4 is 5.32 Å². The number of hydrogen-bond donors (Lipinski definition) is 2. The van der Waals surface area contributed by atoms with Crippen molar-refractivity contribution in [3.63, 3.8) is 0 Å². The van der Waals surface area contributed by atoms with Gasteiger partial charge in [0.1, 0.15) is 17.3 Å². The number of amides is 1. The number of likely N-dealkylation sites (tertiary alicyclic amines) is 1. The van der Waals surface area contributed by atoms with Crippen LogP contribution in [0.3, 0.4) is 0 Å². The van der Waals surface area contributed by atoms with Gasteiger partial charge in [-0.2, -0.15) is 0 Å². The first-order valence-corrected chi connectivity index (χ1v) is 18.3. The molecule has 1 amide bonds. The van der Waals surface area contributed by atoms with Crippen LogP contribution in [0.15, 0.2) is 103 Å². The fraction of sp³-hybridized carbons (Fsp3) is 0.349. The van der Waals surface area contributed by atoms with E-state index >= 15 is 0 Å². The summed E-state index contributed by atoms with van der Waals surface area (Å²) in [6, 6.07) is 31.2. The number of hydrogen-bond acceptors (Lipinski definition) is 9. The Bertz CT molecular complexity index is 2060. The normalized spacial score (nSPS) is 20.7. The first-order chi connectivity index (χ1) is 25.6. The van der Waals surface area contributed by atoms with E-state index < -0.39 is 11.9 Å². The summed E-state index contributed by atoms with van der Waals surface area (Å²) in [4.78, 5) is 37.1. The fourth-order valence-corrected chi connectivity index (χ4v) is 7.04. The van der Waals surface area contributed by atoms with E-state index in [9.17, 15) is 14.7 Å². The predicted octanol–water partition coefficient (Wildman–Crippen LogP) is 7.07. The van der Waals surface area contributed by atoms with Crippen LogP contribution in [0.4, 0.5) is 0 Å². The second kappa shape index (κ2) is 15.9. The molecular formula is C43H46N4O6. The molecule has 0 saturated carbocycles. The lowest BCUT2D eigenvalue weighted by Crippen LogP contribution is -2.45. The first-order valence-electron chi connectivity index (χ1n) is 18.3. The predicted molar refractivity (Wildman–Crippen MR) is 201 cm³/mol. The Morgan fingerprint density at radius 1 is 0.887 bits per heavy atom. The number of ether oxygens (including phenoxy) is 3. The molecule has 2 aliphatic heterocycles. The highest BCUT2D eigenvalue weighted by Gasteiger charge is 2.39. The van der Waals surface area contributed by atoms with E-state index in [1.807, 2.05) is 106 Å². The van der Waals surface area contributed by atoms with Gasteiger partial charge in [0.25, 0.3) is 5.91 Å². The lowest BCUT2D eigenvalue weighted by Gasteiger charge is -2.38. The molecule has 0 unspecified atom stereocenters. The highest BCUT2D eigenvalue weighted by Crippen LogP contribution is 2.40. The summed E-state index contributed by atoms with van der Waals surface area (Å²) >= 11 is 0. The zero-order valence-corrected chi connectivity index (χ0v) is 30.4. The molecule has 0 radical (unpaired) electrons. The molecule has 2 aliphatic rings. The highest BCUT2D eigenvalue weighted by atomic mass is 16.7. The quantitative estimate of drug-likeness (QED) is 0.146. The standard InChI is InChI=1S/C43H46N4O6/c1-43(2,3)53-41(50)38-15-8-20-47(38)26-34-23-39(30-18-16-28(27-48)17-19-30)52-42(51-34)33-12-7-11-32(22-33)31-10-6-9-29(21-31)24-45-40(49)37-25-44-35-13-4-5-14-36(35)46-37/h4-7,9-14,16-19,21-22,25,34,38-39,42,48H,8,15,20,23-24,26-27H2,1-3H3,(H,45,49)/t34-,38-,39+,42+/m0/s1. The van der Waals surface area contributed by atoms with Crippen LogP contribution in [-0.4, -0.2) is 62.7 Å². The lowest BCUT2D eigenvalue weighted by atomic mass is 9.98. The molecule has 274 valence electrons. The molecule has 2 fully saturated rings. The van der Waals surface area contributed by atoms with Crippen LogP contribution in [0.25, 0.3) is 22.2 Å². The molecule has 2 N–H and O–H groups in total. The van der Waals surface area contributed by atoms with E-state index in [4.69, 9.17) is 14.2 Å². The van der Waals surface area contributed by atoms with Gasteiger partial charge in [-0.25, -0.2) is 4.98 Å². The van der Waals surface area contributed by atoms with E-state index in [2.05, 4.69) is 32.3 Å². The monoisotopic (exact) mass is 714 g/mol. The minimum atomic E-state index is -0.649. The van der Waals surface area contributed by atoms with Crippen LogP contribution in [0.2, 0.25) is 0 Å². The molecular weight excluding hydrogens is 668 g/mol. The van der Waals surface area contributed by atoms with Crippen molar-refractivity contribution < 1.29 is 28.9 Å². The van der Waals surface area contributed by atoms with E-state index in [1.165, 1.54) is 6.20 Å². The van der Waals surface area contributed by atoms with E-state index in [-0.39, 0.29) is 42.4 Å². The molecule has 53 heavy (non-hydrogen) atoms. The smallest absolute Gasteiger partial charge is 0.323 e. The highest BCUT2D eigenvalue weighted by molar-refractivity contribution is 5.93. The maximum absolute atomic E-state index is 13.1. The third-order valence-corrected chi connectivity index (χ3v) is 9.65. The number of benzene rings is 4. The zero-order valence-electron chi connectivity index (χ0n) is 30.4. The molecule has 2 saturated heterocycles. The number of aliphatic hydroxyl groups excluding tert-OH is 1. The Labute approximate surface area is 310 Å². The second-order valence-corrected chi connectivity index (χ2v) is 14.8. The van der Waals surface area contributed by atoms with Crippen molar-refractivity contribution in [1.29, 1.82) is 0 Å². The molecule has 10 nitrogen and oxygen atoms in total. The number of aliphatic hydroxyl groups is 1. The summed E-state index contributed by atoms with van der Waals surface area (Å²) in [7, 11) is 0. The SMILES string of the molecule is CC(C)(C)OC(=O)[C@@H]1CCCN1C[C@@H]1C[C@H](c2ccc(CO)cc2)O[C@H](c2cccc(-c3cccc(CNC(=O)c4cnc5ccccc5n4)c3)c2)O1. The van der Waals surface area contributed by atoms with Gasteiger partial charge >= 0.3 is 5.97 Å². The number of nitrogens with zero attached hydrogens (tertiary/aromatic N) is 3. The molecule has 0 spiro atoms. The number of para-hydroxylation sites is 2. The van der Waals surface area contributed by atoms with Gasteiger partial charge in [-0.15, -0.1) is 0 Å². The maximum Gasteiger partial charge on any atom is 0.323 e. The Hall–Kier alpha value is -5.00. The number of rotatable bonds is 10. The van der Waals surface area contributed by atoms with Crippen LogP contribution in [0.5, 0.6) is 0 Å². The minimum Gasteiger partial charge on any atom is -0.459 e. The van der Waals surface area contributed by atoms with E-state index in [0.717, 1.165) is 58.3 Å². The summed E-state index contributed by atoms with van der Waals surface area (Å²) in [5, 5.41) is 12.6. The van der Waals surface area contributed by atoms with Gasteiger partial charge in [-0.1, -0.05) is 72.8 Å². The number of carbonyl (C=O) groups excluding carboxylic acids is 2. The number of aromatic nitrogens is 2. The Morgan fingerprint density at radius 2 is 1.64 bits per heavy atom. The van der Waals surface area contributed by atoms with Crippen molar-refractivity contribution in [2.45, 2.75) is 83.3 Å². The van der Waals surface area contributed by atoms with Crippen LogP contribution in [0, 0.1) is 0 Å². The Morgan fingerprint density at radius 3 is 2.42 bits per heavy atom. The number of esters is 1. The van der Waals surface area contributed by atoms with Crippen LogP contribution in [0.1, 0.15) is 85.2 Å². The second-order valence-electron chi connectivity index (χ2n) is 14.8. The fourth-order valence-electron chi connectivity index (χ4n) is 7.04. The van der Waals surface area contributed by atoms with Crippen LogP contribution in [-0.2, 0) is 32.2 Å². The topological polar surface area (TPSA) is 123 Å². The van der Waals surface area contributed by atoms with Crippen molar-refractivity contribution >= 4 is 22.9 Å². The molecule has 0 bridgehead atoms. The van der Waals surface area contributed by atoms with Crippen molar-refractivity contribution in [2.24, 2.45) is 0 Å². The molecule has 5 aromatic rings. The molecule has 4 atom stereocenters. The van der Waals surface area contributed by atoms with Gasteiger partial charge in [-0.05, 0) is 92.2 Å². The van der Waals surface area contributed by atoms with Gasteiger partial charge in [-0.3, -0.25) is 19.5 Å². The Balaban J connectivity index is 1.08. The number of nitrogens with one attached hydrogen (secondary N) is 1. The van der Waals surface area contributed by atoms with Crippen molar-refractivity contribution in [1.82, 2.24) is 20.2 Å². The molecule has 10 heteroatoms. The largest absolute Gasteiger partial charge is 0.459 e. The van der Waals surface area contributed by atoms with Crippen molar-refractivity contribution in [3.05, 3.63) is 131 Å². The first kappa shape index (κ1) is 36.4. The van der Waals surface area contributed by atoms with E-state index in [0.29, 0.717) is 25.0 Å². The third-order valence-electron chi connectivity index (χ3n) is 9.65. The minimum absolute atomic E-state index is 0.0271. The maximum atomic E-state index is 13.1. The van der Waals surface area contributed by atoms with Gasteiger partial charge in [0.15, 0.2) is 6.29 Å². The lowest BCUT2D eigenvalue weighted by molar-refractivity contribution is -0.253. The zero-order chi connectivity index (χ0) is 37.0. The summed E-state index contributed by atoms with van der Waals surface area (Å²) in [6.07, 6.45) is 2.69. The van der Waals surface area contributed by atoms with Gasteiger partial charge in [0.2, 0.25) is 0 Å². The molecule has 3 heterocycles. The molecule has 1 aromatic heterocycles. The summed E-state index contributed by atoms with van der Waals surface area (Å²) in [5.41, 5.74) is 6.77. The van der Waals surface area contributed by atoms with Gasteiger partial charge < -0.3 is 24.6 Å². The third kappa shape index (κ3) is 8.97.